The first-order chi connectivity index (χ1) is 13.9. The molecule has 2 aromatic rings. The molecular formula is C25H32N2O2. The second kappa shape index (κ2) is 9.73. The molecule has 0 N–H and O–H groups in total. The van der Waals surface area contributed by atoms with Gasteiger partial charge in [-0.3, -0.25) is 9.59 Å². The maximum atomic E-state index is 13.0. The molecule has 0 atom stereocenters. The third kappa shape index (κ3) is 5.93. The Balaban J connectivity index is 1.81. The topological polar surface area (TPSA) is 40.6 Å². The van der Waals surface area contributed by atoms with Crippen LogP contribution in [-0.4, -0.2) is 29.8 Å². The van der Waals surface area contributed by atoms with Crippen LogP contribution in [0.15, 0.2) is 48.5 Å². The van der Waals surface area contributed by atoms with Gasteiger partial charge in [-0.05, 0) is 48.9 Å². The van der Waals surface area contributed by atoms with Crippen LogP contribution in [0.25, 0.3) is 0 Å². The molecule has 0 radical (unpaired) electrons. The van der Waals surface area contributed by atoms with Gasteiger partial charge in [-0.2, -0.15) is 0 Å². The van der Waals surface area contributed by atoms with Crippen LogP contribution < -0.4 is 4.90 Å². The molecule has 3 rings (SSSR count). The monoisotopic (exact) mass is 392 g/mol. The van der Waals surface area contributed by atoms with E-state index in [9.17, 15) is 9.59 Å². The fourth-order valence-corrected chi connectivity index (χ4v) is 3.75. The van der Waals surface area contributed by atoms with Gasteiger partial charge in [0.05, 0.1) is 13.0 Å². The van der Waals surface area contributed by atoms with Crippen LogP contribution in [0, 0.1) is 12.8 Å². The summed E-state index contributed by atoms with van der Waals surface area (Å²) < 4.78 is 0. The Hall–Kier alpha value is -2.62. The van der Waals surface area contributed by atoms with E-state index < -0.39 is 0 Å². The number of amides is 2. The second-order valence-electron chi connectivity index (χ2n) is 8.50. The molecule has 1 heterocycles. The molecule has 4 heteroatoms. The Bertz CT molecular complexity index is 836. The van der Waals surface area contributed by atoms with Gasteiger partial charge in [0.25, 0.3) is 0 Å². The van der Waals surface area contributed by atoms with Gasteiger partial charge in [-0.15, -0.1) is 0 Å². The minimum atomic E-state index is 0.114. The minimum absolute atomic E-state index is 0.114. The molecule has 1 saturated heterocycles. The van der Waals surface area contributed by atoms with Crippen molar-refractivity contribution in [3.8, 4) is 0 Å². The van der Waals surface area contributed by atoms with Crippen molar-refractivity contribution in [2.24, 2.45) is 5.92 Å². The Morgan fingerprint density at radius 3 is 2.34 bits per heavy atom. The molecule has 0 unspecified atom stereocenters. The van der Waals surface area contributed by atoms with Gasteiger partial charge >= 0.3 is 0 Å². The fraction of sp³-hybridized carbons (Fsp3) is 0.440. The first kappa shape index (κ1) is 21.1. The van der Waals surface area contributed by atoms with Gasteiger partial charge < -0.3 is 9.80 Å². The molecule has 29 heavy (non-hydrogen) atoms. The molecule has 0 spiro atoms. The van der Waals surface area contributed by atoms with Crippen molar-refractivity contribution in [3.63, 3.8) is 0 Å². The number of likely N-dealkylation sites (tertiary alicyclic amines) is 1. The van der Waals surface area contributed by atoms with Gasteiger partial charge in [0.1, 0.15) is 0 Å². The van der Waals surface area contributed by atoms with Gasteiger partial charge in [0.2, 0.25) is 11.8 Å². The number of nitrogens with zero attached hydrogens (tertiary/aromatic N) is 2. The van der Waals surface area contributed by atoms with E-state index in [0.717, 1.165) is 42.7 Å². The SMILES string of the molecule is Cc1ccc(CN(C(=O)CC(C)C)c2cccc(CC(=O)N3CCCC3)c2)cc1. The number of benzene rings is 2. The van der Waals surface area contributed by atoms with E-state index in [2.05, 4.69) is 45.0 Å². The van der Waals surface area contributed by atoms with Crippen molar-refractivity contribution >= 4 is 17.5 Å². The highest BCUT2D eigenvalue weighted by Crippen LogP contribution is 2.22. The number of anilines is 1. The molecule has 1 fully saturated rings. The summed E-state index contributed by atoms with van der Waals surface area (Å²) >= 11 is 0. The Kier molecular flexibility index (Phi) is 7.08. The molecule has 4 nitrogen and oxygen atoms in total. The average molecular weight is 393 g/mol. The number of carbonyl (C=O) groups is 2. The smallest absolute Gasteiger partial charge is 0.227 e. The molecule has 154 valence electrons. The summed E-state index contributed by atoms with van der Waals surface area (Å²) in [7, 11) is 0. The molecule has 0 aromatic heterocycles. The van der Waals surface area contributed by atoms with E-state index in [4.69, 9.17) is 0 Å². The zero-order valence-electron chi connectivity index (χ0n) is 17.9. The zero-order chi connectivity index (χ0) is 20.8. The summed E-state index contributed by atoms with van der Waals surface area (Å²) in [5.41, 5.74) is 4.14. The number of aryl methyl sites for hydroxylation is 1. The van der Waals surface area contributed by atoms with E-state index in [1.807, 2.05) is 34.1 Å². The minimum Gasteiger partial charge on any atom is -0.342 e. The first-order valence-electron chi connectivity index (χ1n) is 10.6. The van der Waals surface area contributed by atoms with Crippen molar-refractivity contribution < 1.29 is 9.59 Å². The second-order valence-corrected chi connectivity index (χ2v) is 8.50. The van der Waals surface area contributed by atoms with Crippen LogP contribution in [0.4, 0.5) is 5.69 Å². The van der Waals surface area contributed by atoms with Crippen molar-refractivity contribution in [2.45, 2.75) is 53.0 Å². The van der Waals surface area contributed by atoms with Gasteiger partial charge in [0, 0.05) is 25.2 Å². The van der Waals surface area contributed by atoms with Crippen LogP contribution in [0.1, 0.15) is 49.8 Å². The maximum absolute atomic E-state index is 13.0. The van der Waals surface area contributed by atoms with Crippen molar-refractivity contribution in [1.82, 2.24) is 4.90 Å². The molecule has 0 saturated carbocycles. The van der Waals surface area contributed by atoms with Crippen LogP contribution in [0.3, 0.4) is 0 Å². The highest BCUT2D eigenvalue weighted by atomic mass is 16.2. The van der Waals surface area contributed by atoms with E-state index in [1.165, 1.54) is 5.56 Å². The van der Waals surface area contributed by atoms with Crippen molar-refractivity contribution in [1.29, 1.82) is 0 Å². The largest absolute Gasteiger partial charge is 0.342 e. The molecule has 0 aliphatic carbocycles. The van der Waals surface area contributed by atoms with Gasteiger partial charge in [-0.1, -0.05) is 55.8 Å². The highest BCUT2D eigenvalue weighted by Gasteiger charge is 2.20. The number of hydrogen-bond donors (Lipinski definition) is 0. The van der Waals surface area contributed by atoms with Crippen LogP contribution in [0.5, 0.6) is 0 Å². The quantitative estimate of drug-likeness (QED) is 0.683. The lowest BCUT2D eigenvalue weighted by molar-refractivity contribution is -0.129. The number of carbonyl (C=O) groups excluding carboxylic acids is 2. The Labute approximate surface area is 174 Å². The summed E-state index contributed by atoms with van der Waals surface area (Å²) in [6.45, 7) is 8.46. The summed E-state index contributed by atoms with van der Waals surface area (Å²) in [6, 6.07) is 16.2. The first-order valence-corrected chi connectivity index (χ1v) is 10.6. The van der Waals surface area contributed by atoms with Crippen molar-refractivity contribution in [3.05, 3.63) is 65.2 Å². The highest BCUT2D eigenvalue weighted by molar-refractivity contribution is 5.93. The van der Waals surface area contributed by atoms with Crippen molar-refractivity contribution in [2.75, 3.05) is 18.0 Å². The summed E-state index contributed by atoms with van der Waals surface area (Å²) in [4.78, 5) is 29.4. The lowest BCUT2D eigenvalue weighted by Crippen LogP contribution is -2.31. The van der Waals surface area contributed by atoms with Gasteiger partial charge in [-0.25, -0.2) is 0 Å². The molecule has 1 aliphatic heterocycles. The molecule has 2 amide bonds. The van der Waals surface area contributed by atoms with E-state index in [0.29, 0.717) is 25.3 Å². The fourth-order valence-electron chi connectivity index (χ4n) is 3.75. The van der Waals surface area contributed by atoms with Gasteiger partial charge in [0.15, 0.2) is 0 Å². The zero-order valence-corrected chi connectivity index (χ0v) is 17.9. The van der Waals surface area contributed by atoms with Crippen LogP contribution >= 0.6 is 0 Å². The summed E-state index contributed by atoms with van der Waals surface area (Å²) in [5.74, 6) is 0.588. The third-order valence-corrected chi connectivity index (χ3v) is 5.38. The Morgan fingerprint density at radius 1 is 1.00 bits per heavy atom. The summed E-state index contributed by atoms with van der Waals surface area (Å²) in [5, 5.41) is 0. The van der Waals surface area contributed by atoms with Crippen LogP contribution in [-0.2, 0) is 22.6 Å². The number of rotatable bonds is 7. The number of hydrogen-bond acceptors (Lipinski definition) is 2. The van der Waals surface area contributed by atoms with E-state index in [1.54, 1.807) is 0 Å². The predicted molar refractivity (Wildman–Crippen MR) is 118 cm³/mol. The maximum Gasteiger partial charge on any atom is 0.227 e. The average Bonchev–Trinajstić information content (AvgIpc) is 3.22. The molecular weight excluding hydrogens is 360 g/mol. The molecule has 2 aromatic carbocycles. The third-order valence-electron chi connectivity index (χ3n) is 5.38. The lowest BCUT2D eigenvalue weighted by atomic mass is 10.1. The lowest BCUT2D eigenvalue weighted by Gasteiger charge is -2.25. The predicted octanol–water partition coefficient (Wildman–Crippen LogP) is 4.74. The molecule has 0 bridgehead atoms. The standard InChI is InChI=1S/C25H32N2O2/c1-19(2)15-25(29)27(18-21-11-9-20(3)10-12-21)23-8-6-7-22(16-23)17-24(28)26-13-4-5-14-26/h6-12,16,19H,4-5,13-15,17-18H2,1-3H3. The van der Waals surface area contributed by atoms with Crippen LogP contribution in [0.2, 0.25) is 0 Å². The Morgan fingerprint density at radius 2 is 1.69 bits per heavy atom. The van der Waals surface area contributed by atoms with E-state index in [-0.39, 0.29) is 11.8 Å². The summed E-state index contributed by atoms with van der Waals surface area (Å²) in [6.07, 6.45) is 3.09. The van der Waals surface area contributed by atoms with E-state index >= 15 is 0 Å². The normalized spacial score (nSPS) is 13.7. The molecule has 1 aliphatic rings.